The maximum absolute atomic E-state index is 12.5. The number of rotatable bonds is 39. The van der Waals surface area contributed by atoms with Crippen molar-refractivity contribution in [2.75, 3.05) is 6.61 Å². The predicted octanol–water partition coefficient (Wildman–Crippen LogP) is 9.99. The Hall–Kier alpha value is -0.990. The number of unbranched alkanes of at least 4 members (excludes halogenated alkanes) is 27. The van der Waals surface area contributed by atoms with Gasteiger partial charge in [0.25, 0.3) is 0 Å². The zero-order chi connectivity index (χ0) is 36.9. The zero-order valence-electron chi connectivity index (χ0n) is 33.0. The molecule has 0 aliphatic rings. The third-order valence-electron chi connectivity index (χ3n) is 10.3. The normalized spacial score (nSPS) is 14.9. The average molecular weight is 712 g/mol. The highest BCUT2D eigenvalue weighted by atomic mass is 16.4. The molecular formula is C43H85NO6. The van der Waals surface area contributed by atoms with Gasteiger partial charge in [-0.3, -0.25) is 4.79 Å². The van der Waals surface area contributed by atoms with Crippen molar-refractivity contribution in [2.45, 2.75) is 250 Å². The average Bonchev–Trinajstić information content (AvgIpc) is 3.12. The lowest BCUT2D eigenvalue weighted by molar-refractivity contribution is -0.134. The lowest BCUT2D eigenvalue weighted by Crippen LogP contribution is -2.55. The molecule has 5 atom stereocenters. The SMILES string of the molecule is CCCCCCCCC/C=C/CCCCCCCC[C@@H](O)[C@@H](O)[C@@H](O)[C@H](CO)NC(=O)[C@@H](O)CCCCCCCCCCCCCCCCC. The minimum atomic E-state index is -1.53. The molecule has 0 bridgehead atoms. The molecule has 0 saturated heterocycles. The highest BCUT2D eigenvalue weighted by Crippen LogP contribution is 2.17. The minimum Gasteiger partial charge on any atom is -0.394 e. The van der Waals surface area contributed by atoms with Crippen LogP contribution in [0.5, 0.6) is 0 Å². The predicted molar refractivity (Wildman–Crippen MR) is 211 cm³/mol. The molecule has 0 radical (unpaired) electrons. The Kier molecular flexibility index (Phi) is 37.0. The van der Waals surface area contributed by atoms with Gasteiger partial charge in [0.1, 0.15) is 18.3 Å². The molecular weight excluding hydrogens is 626 g/mol. The van der Waals surface area contributed by atoms with Gasteiger partial charge in [0, 0.05) is 0 Å². The molecule has 0 aromatic rings. The van der Waals surface area contributed by atoms with E-state index < -0.39 is 43.0 Å². The summed E-state index contributed by atoms with van der Waals surface area (Å²) in [6.45, 7) is 3.92. The second-order valence-electron chi connectivity index (χ2n) is 15.2. The van der Waals surface area contributed by atoms with E-state index in [1.165, 1.54) is 141 Å². The topological polar surface area (TPSA) is 130 Å². The van der Waals surface area contributed by atoms with Gasteiger partial charge in [-0.15, -0.1) is 0 Å². The summed E-state index contributed by atoms with van der Waals surface area (Å²) < 4.78 is 0. The molecule has 0 aliphatic carbocycles. The van der Waals surface area contributed by atoms with E-state index in [-0.39, 0.29) is 0 Å². The monoisotopic (exact) mass is 712 g/mol. The van der Waals surface area contributed by atoms with Crippen LogP contribution in [0, 0.1) is 0 Å². The van der Waals surface area contributed by atoms with E-state index in [9.17, 15) is 30.3 Å². The van der Waals surface area contributed by atoms with Crippen LogP contribution in [-0.4, -0.2) is 68.5 Å². The molecule has 0 spiro atoms. The largest absolute Gasteiger partial charge is 0.394 e. The van der Waals surface area contributed by atoms with Crippen LogP contribution in [0.1, 0.15) is 219 Å². The number of aliphatic hydroxyl groups excluding tert-OH is 5. The lowest BCUT2D eigenvalue weighted by Gasteiger charge is -2.29. The molecule has 7 nitrogen and oxygen atoms in total. The first-order chi connectivity index (χ1) is 24.4. The maximum atomic E-state index is 12.5. The Balaban J connectivity index is 3.87. The molecule has 0 rings (SSSR count). The van der Waals surface area contributed by atoms with E-state index in [0.717, 1.165) is 51.4 Å². The van der Waals surface area contributed by atoms with Gasteiger partial charge in [0.2, 0.25) is 5.91 Å². The maximum Gasteiger partial charge on any atom is 0.249 e. The summed E-state index contributed by atoms with van der Waals surface area (Å²) in [6, 6.07) is -1.16. The number of carbonyl (C=O) groups is 1. The van der Waals surface area contributed by atoms with Crippen LogP contribution in [0.4, 0.5) is 0 Å². The van der Waals surface area contributed by atoms with Gasteiger partial charge in [-0.05, 0) is 38.5 Å². The summed E-state index contributed by atoms with van der Waals surface area (Å²) in [5, 5.41) is 54.0. The van der Waals surface area contributed by atoms with E-state index in [1.54, 1.807) is 0 Å². The van der Waals surface area contributed by atoms with Crippen molar-refractivity contribution in [2.24, 2.45) is 0 Å². The number of amides is 1. The molecule has 0 heterocycles. The third-order valence-corrected chi connectivity index (χ3v) is 10.3. The standard InChI is InChI=1S/C43H85NO6/c1-3-5-7-9-11-13-15-17-19-20-22-23-25-27-29-31-33-35-39(46)42(49)41(48)38(37-45)44-43(50)40(47)36-34-32-30-28-26-24-21-18-16-14-12-10-8-6-4-2/h19-20,38-42,45-49H,3-18,21-37H2,1-2H3,(H,44,50)/b20-19+/t38-,39+,40-,41-,42+/m0/s1. The van der Waals surface area contributed by atoms with Crippen LogP contribution in [0.25, 0.3) is 0 Å². The van der Waals surface area contributed by atoms with Crippen molar-refractivity contribution >= 4 is 5.91 Å². The fraction of sp³-hybridized carbons (Fsp3) is 0.930. The first-order valence-corrected chi connectivity index (χ1v) is 21.7. The van der Waals surface area contributed by atoms with Gasteiger partial charge in [-0.1, -0.05) is 193 Å². The Morgan fingerprint density at radius 3 is 1.20 bits per heavy atom. The van der Waals surface area contributed by atoms with Crippen molar-refractivity contribution < 1.29 is 30.3 Å². The third kappa shape index (κ3) is 30.6. The lowest BCUT2D eigenvalue weighted by atomic mass is 9.96. The summed E-state index contributed by atoms with van der Waals surface area (Å²) in [5.41, 5.74) is 0. The quantitative estimate of drug-likeness (QED) is 0.0278. The summed E-state index contributed by atoms with van der Waals surface area (Å²) >= 11 is 0. The van der Waals surface area contributed by atoms with Crippen molar-refractivity contribution in [1.29, 1.82) is 0 Å². The number of hydrogen-bond acceptors (Lipinski definition) is 6. The molecule has 7 heteroatoms. The number of nitrogens with one attached hydrogen (secondary N) is 1. The van der Waals surface area contributed by atoms with Crippen LogP contribution in [0.2, 0.25) is 0 Å². The smallest absolute Gasteiger partial charge is 0.249 e. The van der Waals surface area contributed by atoms with Crippen molar-refractivity contribution in [3.8, 4) is 0 Å². The second kappa shape index (κ2) is 37.8. The summed E-state index contributed by atoms with van der Waals surface area (Å²) in [5.74, 6) is -0.668. The van der Waals surface area contributed by atoms with E-state index in [0.29, 0.717) is 12.8 Å². The molecule has 298 valence electrons. The van der Waals surface area contributed by atoms with Crippen LogP contribution >= 0.6 is 0 Å². The minimum absolute atomic E-state index is 0.319. The number of carbonyl (C=O) groups excluding carboxylic acids is 1. The van der Waals surface area contributed by atoms with Gasteiger partial charge in [0.15, 0.2) is 0 Å². The molecule has 0 unspecified atom stereocenters. The van der Waals surface area contributed by atoms with Crippen LogP contribution < -0.4 is 5.32 Å². The molecule has 0 aromatic heterocycles. The van der Waals surface area contributed by atoms with Crippen molar-refractivity contribution in [1.82, 2.24) is 5.32 Å². The van der Waals surface area contributed by atoms with Gasteiger partial charge in [-0.2, -0.15) is 0 Å². The van der Waals surface area contributed by atoms with E-state index >= 15 is 0 Å². The van der Waals surface area contributed by atoms with Gasteiger partial charge >= 0.3 is 0 Å². The Morgan fingerprint density at radius 2 is 0.820 bits per heavy atom. The first kappa shape index (κ1) is 49.0. The van der Waals surface area contributed by atoms with E-state index in [1.807, 2.05) is 0 Å². The molecule has 50 heavy (non-hydrogen) atoms. The first-order valence-electron chi connectivity index (χ1n) is 21.7. The van der Waals surface area contributed by atoms with Gasteiger partial charge in [-0.25, -0.2) is 0 Å². The van der Waals surface area contributed by atoms with Crippen LogP contribution in [-0.2, 0) is 4.79 Å². The Bertz CT molecular complexity index is 734. The number of allylic oxidation sites excluding steroid dienone is 2. The zero-order valence-corrected chi connectivity index (χ0v) is 33.0. The molecule has 6 N–H and O–H groups in total. The van der Waals surface area contributed by atoms with Crippen molar-refractivity contribution in [3.05, 3.63) is 12.2 Å². The Morgan fingerprint density at radius 1 is 0.480 bits per heavy atom. The van der Waals surface area contributed by atoms with Crippen LogP contribution in [0.15, 0.2) is 12.2 Å². The Labute approximate surface area is 309 Å². The second-order valence-corrected chi connectivity index (χ2v) is 15.2. The molecule has 0 fully saturated rings. The fourth-order valence-electron chi connectivity index (χ4n) is 6.77. The van der Waals surface area contributed by atoms with Gasteiger partial charge < -0.3 is 30.8 Å². The summed E-state index contributed by atoms with van der Waals surface area (Å²) in [7, 11) is 0. The number of aliphatic hydroxyl groups is 5. The highest BCUT2D eigenvalue weighted by Gasteiger charge is 2.32. The van der Waals surface area contributed by atoms with E-state index in [2.05, 4.69) is 31.3 Å². The summed E-state index contributed by atoms with van der Waals surface area (Å²) in [4.78, 5) is 12.5. The molecule has 0 saturated carbocycles. The molecule has 1 amide bonds. The summed E-state index contributed by atoms with van der Waals surface area (Å²) in [6.07, 6.45) is 36.7. The molecule has 0 aromatic carbocycles. The van der Waals surface area contributed by atoms with Gasteiger partial charge in [0.05, 0.1) is 18.8 Å². The molecule has 0 aliphatic heterocycles. The van der Waals surface area contributed by atoms with E-state index in [4.69, 9.17) is 0 Å². The number of hydrogen-bond donors (Lipinski definition) is 6. The van der Waals surface area contributed by atoms with Crippen LogP contribution in [0.3, 0.4) is 0 Å². The fourth-order valence-corrected chi connectivity index (χ4v) is 6.77. The highest BCUT2D eigenvalue weighted by molar-refractivity contribution is 5.80. The van der Waals surface area contributed by atoms with Crippen molar-refractivity contribution in [3.63, 3.8) is 0 Å².